The van der Waals surface area contributed by atoms with Crippen LogP contribution in [0.25, 0.3) is 5.65 Å². The number of benzene rings is 1. The summed E-state index contributed by atoms with van der Waals surface area (Å²) < 4.78 is 25.5. The Morgan fingerprint density at radius 1 is 1.16 bits per heavy atom. The molecule has 8 nitrogen and oxygen atoms in total. The highest BCUT2D eigenvalue weighted by molar-refractivity contribution is 14.0. The predicted octanol–water partition coefficient (Wildman–Crippen LogP) is 2.75. The summed E-state index contributed by atoms with van der Waals surface area (Å²) in [5.74, 6) is 1.67. The largest absolute Gasteiger partial charge is 0.357 e. The van der Waals surface area contributed by atoms with Gasteiger partial charge in [0.25, 0.3) is 0 Å². The number of guanidine groups is 1. The maximum atomic E-state index is 11.8. The van der Waals surface area contributed by atoms with Crippen LogP contribution in [0.2, 0.25) is 0 Å². The van der Waals surface area contributed by atoms with Crippen LogP contribution in [0.1, 0.15) is 30.3 Å². The first kappa shape index (κ1) is 25.1. The van der Waals surface area contributed by atoms with E-state index in [2.05, 4.69) is 25.8 Å². The lowest BCUT2D eigenvalue weighted by molar-refractivity contribution is 0.601. The fourth-order valence-electron chi connectivity index (χ4n) is 3.25. The molecule has 0 spiro atoms. The molecule has 10 heteroatoms. The minimum atomic E-state index is -3.21. The Bertz CT molecular complexity index is 1140. The topological polar surface area (TPSA) is 101 Å². The van der Waals surface area contributed by atoms with E-state index in [1.54, 1.807) is 13.0 Å². The summed E-state index contributed by atoms with van der Waals surface area (Å²) in [5, 5.41) is 15.0. The van der Waals surface area contributed by atoms with Crippen LogP contribution >= 0.6 is 24.0 Å². The van der Waals surface area contributed by atoms with Crippen molar-refractivity contribution in [3.63, 3.8) is 0 Å². The number of aliphatic imine (C=N–C) groups is 1. The van der Waals surface area contributed by atoms with Crippen LogP contribution in [-0.4, -0.2) is 48.3 Å². The molecule has 31 heavy (non-hydrogen) atoms. The summed E-state index contributed by atoms with van der Waals surface area (Å²) >= 11 is 0. The summed E-state index contributed by atoms with van der Waals surface area (Å²) in [5.41, 5.74) is 2.56. The van der Waals surface area contributed by atoms with Crippen LogP contribution in [0.3, 0.4) is 0 Å². The first-order valence-electron chi connectivity index (χ1n) is 9.99. The number of pyridine rings is 1. The van der Waals surface area contributed by atoms with E-state index >= 15 is 0 Å². The molecule has 2 N–H and O–H groups in total. The highest BCUT2D eigenvalue weighted by Crippen LogP contribution is 2.17. The molecule has 0 bridgehead atoms. The van der Waals surface area contributed by atoms with Gasteiger partial charge in [0.1, 0.15) is 5.82 Å². The number of nitrogens with one attached hydrogen (secondary N) is 2. The Morgan fingerprint density at radius 3 is 2.68 bits per heavy atom. The van der Waals surface area contributed by atoms with Gasteiger partial charge in [0.15, 0.2) is 21.4 Å². The van der Waals surface area contributed by atoms with Crippen molar-refractivity contribution in [3.05, 3.63) is 59.5 Å². The normalized spacial score (nSPS) is 11.9. The van der Waals surface area contributed by atoms with Crippen molar-refractivity contribution >= 4 is 45.4 Å². The summed E-state index contributed by atoms with van der Waals surface area (Å²) in [6, 6.07) is 11.2. The van der Waals surface area contributed by atoms with E-state index in [9.17, 15) is 8.42 Å². The number of halogens is 1. The van der Waals surface area contributed by atoms with Gasteiger partial charge in [-0.25, -0.2) is 13.4 Å². The van der Waals surface area contributed by atoms with E-state index in [1.165, 1.54) is 6.26 Å². The molecular formula is C21H29IN6O2S. The van der Waals surface area contributed by atoms with Crippen molar-refractivity contribution in [1.29, 1.82) is 0 Å². The molecule has 0 aliphatic heterocycles. The molecule has 0 unspecified atom stereocenters. The van der Waals surface area contributed by atoms with Gasteiger partial charge in [-0.15, -0.1) is 34.2 Å². The van der Waals surface area contributed by atoms with E-state index in [-0.39, 0.29) is 24.0 Å². The second-order valence-corrected chi connectivity index (χ2v) is 9.13. The number of hydrogen-bond acceptors (Lipinski definition) is 5. The van der Waals surface area contributed by atoms with Gasteiger partial charge in [0.05, 0.1) is 11.4 Å². The molecule has 0 aliphatic carbocycles. The second-order valence-electron chi connectivity index (χ2n) is 7.14. The minimum Gasteiger partial charge on any atom is -0.357 e. The molecule has 3 rings (SSSR count). The summed E-state index contributed by atoms with van der Waals surface area (Å²) in [4.78, 5) is 4.98. The number of fused-ring (bicyclic) bond motifs is 1. The molecule has 3 aromatic rings. The number of rotatable bonds is 8. The third-order valence-electron chi connectivity index (χ3n) is 4.66. The number of aromatic nitrogens is 3. The average Bonchev–Trinajstić information content (AvgIpc) is 3.11. The maximum absolute atomic E-state index is 11.8. The smallest absolute Gasteiger partial charge is 0.191 e. The average molecular weight is 556 g/mol. The molecule has 0 saturated carbocycles. The maximum Gasteiger partial charge on any atom is 0.191 e. The lowest BCUT2D eigenvalue weighted by Gasteiger charge is -2.11. The van der Waals surface area contributed by atoms with Crippen molar-refractivity contribution in [3.8, 4) is 0 Å². The molecule has 0 fully saturated rings. The Kier molecular flexibility index (Phi) is 9.23. The quantitative estimate of drug-likeness (QED) is 0.192. The van der Waals surface area contributed by atoms with E-state index in [4.69, 9.17) is 0 Å². The van der Waals surface area contributed by atoms with E-state index in [1.807, 2.05) is 47.9 Å². The van der Waals surface area contributed by atoms with E-state index < -0.39 is 9.84 Å². The van der Waals surface area contributed by atoms with Gasteiger partial charge in [0, 0.05) is 32.0 Å². The first-order chi connectivity index (χ1) is 14.4. The van der Waals surface area contributed by atoms with Gasteiger partial charge >= 0.3 is 0 Å². The standard InChI is InChI=1S/C21H28N6O2S.HI/c1-4-22-21(24-15-17-10-11-18(16(2)14-17)30(3,28)29)23-12-7-9-20-26-25-19-8-5-6-13-27(19)20;/h5-6,8,10-11,13-14H,4,7,9,12,15H2,1-3H3,(H2,22,23,24);1H. The second kappa shape index (κ2) is 11.4. The molecule has 2 aromatic heterocycles. The third-order valence-corrected chi connectivity index (χ3v) is 5.91. The zero-order valence-electron chi connectivity index (χ0n) is 18.0. The van der Waals surface area contributed by atoms with Crippen LogP contribution in [0.5, 0.6) is 0 Å². The number of sulfone groups is 1. The molecule has 168 valence electrons. The van der Waals surface area contributed by atoms with Gasteiger partial charge in [0.2, 0.25) is 0 Å². The van der Waals surface area contributed by atoms with E-state index in [0.29, 0.717) is 11.4 Å². The Hall–Kier alpha value is -2.21. The highest BCUT2D eigenvalue weighted by Gasteiger charge is 2.11. The van der Waals surface area contributed by atoms with Crippen molar-refractivity contribution in [2.75, 3.05) is 19.3 Å². The molecule has 1 aromatic carbocycles. The summed E-state index contributed by atoms with van der Waals surface area (Å²) in [7, 11) is -3.21. The molecule has 0 atom stereocenters. The van der Waals surface area contributed by atoms with Gasteiger partial charge < -0.3 is 10.6 Å². The van der Waals surface area contributed by atoms with Gasteiger partial charge in [-0.1, -0.05) is 18.2 Å². The zero-order chi connectivity index (χ0) is 21.6. The molecule has 0 radical (unpaired) electrons. The summed E-state index contributed by atoms with van der Waals surface area (Å²) in [6.45, 7) is 5.80. The van der Waals surface area contributed by atoms with Gasteiger partial charge in [-0.2, -0.15) is 0 Å². The molecular weight excluding hydrogens is 527 g/mol. The van der Waals surface area contributed by atoms with Crippen LogP contribution in [0, 0.1) is 6.92 Å². The van der Waals surface area contributed by atoms with E-state index in [0.717, 1.165) is 54.5 Å². The van der Waals surface area contributed by atoms with Crippen molar-refractivity contribution in [1.82, 2.24) is 25.2 Å². The Labute approximate surface area is 200 Å². The fourth-order valence-corrected chi connectivity index (χ4v) is 4.21. The predicted molar refractivity (Wildman–Crippen MR) is 134 cm³/mol. The Morgan fingerprint density at radius 2 is 1.97 bits per heavy atom. The minimum absolute atomic E-state index is 0. The highest BCUT2D eigenvalue weighted by atomic mass is 127. The van der Waals surface area contributed by atoms with Crippen LogP contribution in [0.4, 0.5) is 0 Å². The Balaban J connectivity index is 0.00000341. The lowest BCUT2D eigenvalue weighted by atomic mass is 10.1. The number of aryl methyl sites for hydroxylation is 2. The van der Waals surface area contributed by atoms with Crippen LogP contribution < -0.4 is 10.6 Å². The van der Waals surface area contributed by atoms with Gasteiger partial charge in [-0.05, 0) is 49.6 Å². The fraction of sp³-hybridized carbons (Fsp3) is 0.381. The van der Waals surface area contributed by atoms with Crippen molar-refractivity contribution in [2.45, 2.75) is 38.1 Å². The number of nitrogens with zero attached hydrogens (tertiary/aromatic N) is 4. The molecule has 0 aliphatic rings. The number of hydrogen-bond donors (Lipinski definition) is 2. The van der Waals surface area contributed by atoms with Crippen LogP contribution in [0.15, 0.2) is 52.5 Å². The van der Waals surface area contributed by atoms with Gasteiger partial charge in [-0.3, -0.25) is 4.40 Å². The van der Waals surface area contributed by atoms with Crippen LogP contribution in [-0.2, 0) is 22.8 Å². The zero-order valence-corrected chi connectivity index (χ0v) is 21.1. The SMILES string of the molecule is CCNC(=NCc1ccc(S(C)(=O)=O)c(C)c1)NCCCc1nnc2ccccn12.I. The monoisotopic (exact) mass is 556 g/mol. The van der Waals surface area contributed by atoms with Crippen molar-refractivity contribution in [2.24, 2.45) is 4.99 Å². The molecule has 2 heterocycles. The summed E-state index contributed by atoms with van der Waals surface area (Å²) in [6.07, 6.45) is 4.90. The van der Waals surface area contributed by atoms with Crippen molar-refractivity contribution < 1.29 is 8.42 Å². The first-order valence-corrected chi connectivity index (χ1v) is 11.9. The lowest BCUT2D eigenvalue weighted by Crippen LogP contribution is -2.37. The third kappa shape index (κ3) is 6.89. The molecule has 0 amide bonds. The molecule has 0 saturated heterocycles.